The van der Waals surface area contributed by atoms with Crippen LogP contribution in [0.15, 0.2) is 54.6 Å². The monoisotopic (exact) mass is 409 g/mol. The zero-order valence-corrected chi connectivity index (χ0v) is 17.3. The Labute approximate surface area is 178 Å². The minimum absolute atomic E-state index is 0.404. The molecule has 2 fully saturated rings. The molecule has 2 aliphatic rings. The molecule has 0 spiro atoms. The third kappa shape index (κ3) is 5.59. The quantitative estimate of drug-likeness (QED) is 0.439. The number of hydroxylamine groups is 1. The standard InChI is InChI=1S/C24H31N3O3/c28-24(26-29)20-6-8-21(9-7-20)30-15-14-27-12-10-18(11-13-27)17-25-23-16-22(23)19-4-2-1-3-5-19/h1-9,18,22-23,25,29H,10-17H2,(H,26,28). The number of carbonyl (C=O) groups is 1. The highest BCUT2D eigenvalue weighted by Gasteiger charge is 2.38. The zero-order valence-electron chi connectivity index (χ0n) is 17.3. The molecule has 2 aromatic rings. The fourth-order valence-electron chi connectivity index (χ4n) is 4.28. The van der Waals surface area contributed by atoms with Crippen LogP contribution in [-0.4, -0.2) is 54.8 Å². The first-order valence-electron chi connectivity index (χ1n) is 10.9. The molecule has 4 rings (SSSR count). The summed E-state index contributed by atoms with van der Waals surface area (Å²) in [4.78, 5) is 13.8. The molecule has 2 aromatic carbocycles. The van der Waals surface area contributed by atoms with Crippen LogP contribution in [-0.2, 0) is 0 Å². The summed E-state index contributed by atoms with van der Waals surface area (Å²) in [6.07, 6.45) is 3.74. The minimum atomic E-state index is -0.517. The molecule has 6 nitrogen and oxygen atoms in total. The van der Waals surface area contributed by atoms with Gasteiger partial charge in [-0.15, -0.1) is 0 Å². The van der Waals surface area contributed by atoms with Crippen molar-refractivity contribution < 1.29 is 14.7 Å². The number of piperidine rings is 1. The summed E-state index contributed by atoms with van der Waals surface area (Å²) in [6, 6.07) is 18.3. The van der Waals surface area contributed by atoms with E-state index in [1.807, 2.05) is 0 Å². The zero-order chi connectivity index (χ0) is 20.8. The van der Waals surface area contributed by atoms with Crippen LogP contribution < -0.4 is 15.5 Å². The average Bonchev–Trinajstić information content (AvgIpc) is 3.59. The fraction of sp³-hybridized carbons (Fsp3) is 0.458. The van der Waals surface area contributed by atoms with Crippen molar-refractivity contribution in [1.82, 2.24) is 15.7 Å². The molecule has 3 N–H and O–H groups in total. The smallest absolute Gasteiger partial charge is 0.274 e. The number of ether oxygens (including phenoxy) is 1. The molecule has 2 atom stereocenters. The SMILES string of the molecule is O=C(NO)c1ccc(OCCN2CCC(CNC3CC3c3ccccc3)CC2)cc1. The first kappa shape index (κ1) is 20.8. The maximum absolute atomic E-state index is 11.3. The van der Waals surface area contributed by atoms with Gasteiger partial charge in [-0.1, -0.05) is 30.3 Å². The average molecular weight is 410 g/mol. The van der Waals surface area contributed by atoms with E-state index < -0.39 is 5.91 Å². The second-order valence-corrected chi connectivity index (χ2v) is 8.37. The second-order valence-electron chi connectivity index (χ2n) is 8.37. The maximum atomic E-state index is 11.3. The van der Waals surface area contributed by atoms with Gasteiger partial charge < -0.3 is 10.1 Å². The van der Waals surface area contributed by atoms with Crippen LogP contribution in [0.4, 0.5) is 0 Å². The molecule has 160 valence electrons. The molecule has 1 aliphatic heterocycles. The molecule has 0 aromatic heterocycles. The topological polar surface area (TPSA) is 73.8 Å². The number of benzene rings is 2. The van der Waals surface area contributed by atoms with Gasteiger partial charge in [-0.05, 0) is 74.6 Å². The Morgan fingerprint density at radius 3 is 2.50 bits per heavy atom. The van der Waals surface area contributed by atoms with Crippen LogP contribution in [0.2, 0.25) is 0 Å². The van der Waals surface area contributed by atoms with Gasteiger partial charge in [0.25, 0.3) is 5.91 Å². The van der Waals surface area contributed by atoms with Crippen molar-refractivity contribution >= 4 is 5.91 Å². The van der Waals surface area contributed by atoms with Gasteiger partial charge in [0.1, 0.15) is 12.4 Å². The van der Waals surface area contributed by atoms with Gasteiger partial charge >= 0.3 is 0 Å². The first-order chi connectivity index (χ1) is 14.7. The highest BCUT2D eigenvalue weighted by Crippen LogP contribution is 2.40. The summed E-state index contributed by atoms with van der Waals surface area (Å²) in [5.74, 6) is 1.69. The predicted molar refractivity (Wildman–Crippen MR) is 116 cm³/mol. The van der Waals surface area contributed by atoms with Gasteiger partial charge in [0.05, 0.1) is 0 Å². The molecule has 2 unspecified atom stereocenters. The lowest BCUT2D eigenvalue weighted by atomic mass is 9.97. The van der Waals surface area contributed by atoms with Gasteiger partial charge in [-0.3, -0.25) is 14.9 Å². The van der Waals surface area contributed by atoms with E-state index >= 15 is 0 Å². The largest absolute Gasteiger partial charge is 0.492 e. The second kappa shape index (κ2) is 10.1. The van der Waals surface area contributed by atoms with Crippen molar-refractivity contribution in [1.29, 1.82) is 0 Å². The van der Waals surface area contributed by atoms with E-state index in [1.54, 1.807) is 29.7 Å². The van der Waals surface area contributed by atoms with E-state index in [0.29, 0.717) is 24.1 Å². The summed E-state index contributed by atoms with van der Waals surface area (Å²) < 4.78 is 5.80. The Hall–Kier alpha value is -2.41. The van der Waals surface area contributed by atoms with Crippen molar-refractivity contribution in [2.24, 2.45) is 5.92 Å². The normalized spacial score (nSPS) is 21.9. The van der Waals surface area contributed by atoms with Crippen LogP contribution in [0.1, 0.15) is 41.1 Å². The van der Waals surface area contributed by atoms with Crippen molar-refractivity contribution in [3.8, 4) is 5.75 Å². The number of nitrogens with zero attached hydrogens (tertiary/aromatic N) is 1. The fourth-order valence-corrected chi connectivity index (χ4v) is 4.28. The van der Waals surface area contributed by atoms with E-state index in [9.17, 15) is 4.79 Å². The van der Waals surface area contributed by atoms with Gasteiger partial charge in [0, 0.05) is 24.1 Å². The molecule has 0 bridgehead atoms. The lowest BCUT2D eigenvalue weighted by Gasteiger charge is -2.32. The van der Waals surface area contributed by atoms with Crippen molar-refractivity contribution in [3.05, 3.63) is 65.7 Å². The first-order valence-corrected chi connectivity index (χ1v) is 10.9. The molecular weight excluding hydrogens is 378 g/mol. The van der Waals surface area contributed by atoms with Crippen molar-refractivity contribution in [3.63, 3.8) is 0 Å². The number of rotatable bonds is 9. The predicted octanol–water partition coefficient (Wildman–Crippen LogP) is 3.04. The highest BCUT2D eigenvalue weighted by molar-refractivity contribution is 5.93. The molecule has 1 amide bonds. The van der Waals surface area contributed by atoms with E-state index in [-0.39, 0.29) is 0 Å². The summed E-state index contributed by atoms with van der Waals surface area (Å²) >= 11 is 0. The summed E-state index contributed by atoms with van der Waals surface area (Å²) in [6.45, 7) is 4.93. The summed E-state index contributed by atoms with van der Waals surface area (Å²) in [5, 5.41) is 12.4. The molecule has 0 radical (unpaired) electrons. The lowest BCUT2D eigenvalue weighted by molar-refractivity contribution is 0.0706. The molecule has 1 heterocycles. The van der Waals surface area contributed by atoms with Gasteiger partial charge in [-0.25, -0.2) is 5.48 Å². The Kier molecular flexibility index (Phi) is 7.00. The minimum Gasteiger partial charge on any atom is -0.492 e. The molecule has 1 saturated carbocycles. The van der Waals surface area contributed by atoms with Crippen LogP contribution >= 0.6 is 0 Å². The molecule has 6 heteroatoms. The number of carbonyl (C=O) groups excluding carboxylic acids is 1. The number of amides is 1. The summed E-state index contributed by atoms with van der Waals surface area (Å²) in [7, 11) is 0. The Morgan fingerprint density at radius 1 is 1.07 bits per heavy atom. The van der Waals surface area contributed by atoms with Gasteiger partial charge in [0.2, 0.25) is 0 Å². The van der Waals surface area contributed by atoms with Crippen LogP contribution in [0.25, 0.3) is 0 Å². The molecular formula is C24H31N3O3. The summed E-state index contributed by atoms with van der Waals surface area (Å²) in [5.41, 5.74) is 3.50. The van der Waals surface area contributed by atoms with Gasteiger partial charge in [-0.2, -0.15) is 0 Å². The third-order valence-corrected chi connectivity index (χ3v) is 6.29. The Bertz CT molecular complexity index is 804. The van der Waals surface area contributed by atoms with Crippen LogP contribution in [0, 0.1) is 5.92 Å². The number of likely N-dealkylation sites (tertiary alicyclic amines) is 1. The lowest BCUT2D eigenvalue weighted by Crippen LogP contribution is -2.39. The highest BCUT2D eigenvalue weighted by atomic mass is 16.5. The Balaban J connectivity index is 1.09. The molecule has 30 heavy (non-hydrogen) atoms. The van der Waals surface area contributed by atoms with Crippen LogP contribution in [0.5, 0.6) is 5.75 Å². The molecule has 1 saturated heterocycles. The third-order valence-electron chi connectivity index (χ3n) is 6.29. The van der Waals surface area contributed by atoms with Crippen LogP contribution in [0.3, 0.4) is 0 Å². The maximum Gasteiger partial charge on any atom is 0.274 e. The number of hydrogen-bond donors (Lipinski definition) is 3. The van der Waals surface area contributed by atoms with Crippen molar-refractivity contribution in [2.75, 3.05) is 32.8 Å². The van der Waals surface area contributed by atoms with E-state index in [2.05, 4.69) is 40.5 Å². The van der Waals surface area contributed by atoms with E-state index in [4.69, 9.17) is 9.94 Å². The van der Waals surface area contributed by atoms with Crippen molar-refractivity contribution in [2.45, 2.75) is 31.2 Å². The van der Waals surface area contributed by atoms with Gasteiger partial charge in [0.15, 0.2) is 0 Å². The van der Waals surface area contributed by atoms with E-state index in [1.165, 1.54) is 24.8 Å². The van der Waals surface area contributed by atoms with E-state index in [0.717, 1.165) is 37.8 Å². The number of hydrogen-bond acceptors (Lipinski definition) is 5. The number of nitrogens with one attached hydrogen (secondary N) is 2. The molecule has 1 aliphatic carbocycles. The Morgan fingerprint density at radius 2 is 1.80 bits per heavy atom.